The second-order valence-corrected chi connectivity index (χ2v) is 21.7. The Kier molecular flexibility index (Phi) is 15.6. The number of carbonyl (C=O) groups excluding carboxylic acids is 3. The van der Waals surface area contributed by atoms with Crippen molar-refractivity contribution in [1.29, 1.82) is 0 Å². The predicted octanol–water partition coefficient (Wildman–Crippen LogP) is 2.07. The quantitative estimate of drug-likeness (QED) is 0.0375. The maximum atomic E-state index is 14.5. The van der Waals surface area contributed by atoms with Gasteiger partial charge in [-0.15, -0.1) is 0 Å². The van der Waals surface area contributed by atoms with E-state index in [2.05, 4.69) is 95.0 Å². The Morgan fingerprint density at radius 1 is 0.986 bits per heavy atom. The number of fused-ring (bicyclic) bond motifs is 4. The zero-order valence-corrected chi connectivity index (χ0v) is 43.1. The van der Waals surface area contributed by atoms with Gasteiger partial charge in [-0.3, -0.25) is 18.7 Å². The minimum Gasteiger partial charge on any atom is -0.439 e. The number of aliphatic hydroxyl groups is 1. The van der Waals surface area contributed by atoms with Crippen LogP contribution in [0.15, 0.2) is 67.3 Å². The Balaban J connectivity index is 0.898. The number of amides is 3. The molecule has 0 saturated carbocycles. The van der Waals surface area contributed by atoms with Crippen molar-refractivity contribution >= 4 is 61.8 Å². The molecular weight excluding hydrogens is 987 g/mol. The van der Waals surface area contributed by atoms with E-state index in [-0.39, 0.29) is 60.3 Å². The topological polar surface area (TPSA) is 306 Å². The lowest BCUT2D eigenvalue weighted by Crippen LogP contribution is -2.43. The summed E-state index contributed by atoms with van der Waals surface area (Å²) in [5, 5.41) is 18.8. The number of imidazole rings is 1. The summed E-state index contributed by atoms with van der Waals surface area (Å²) in [6.45, 7) is 7.91. The van der Waals surface area contributed by atoms with Crippen LogP contribution in [0.4, 0.5) is 16.3 Å². The molecule has 1 aliphatic carbocycles. The highest BCUT2D eigenvalue weighted by Gasteiger charge is 2.49. The molecule has 3 amide bonds. The Morgan fingerprint density at radius 3 is 2.48 bits per heavy atom. The lowest BCUT2D eigenvalue weighted by molar-refractivity contribution is -0.121. The van der Waals surface area contributed by atoms with Crippen molar-refractivity contribution in [2.75, 3.05) is 71.1 Å². The highest BCUT2D eigenvalue weighted by molar-refractivity contribution is 7.60. The number of rotatable bonds is 18. The molecule has 8 N–H and O–H groups in total. The Morgan fingerprint density at radius 2 is 1.74 bits per heavy atom. The van der Waals surface area contributed by atoms with E-state index in [9.17, 15) is 33.5 Å². The minimum absolute atomic E-state index is 0.00812. The van der Waals surface area contributed by atoms with Gasteiger partial charge in [0.15, 0.2) is 23.8 Å². The average Bonchev–Trinajstić information content (AvgIpc) is 3.91. The van der Waals surface area contributed by atoms with Crippen molar-refractivity contribution in [3.05, 3.63) is 111 Å². The standard InChI is InChI=1S/C48H60N10O13P2/c1-7-57-21-10-12-28-22-33-35(24-36(28)57)48(2,3)34-23-29(55(4)5)16-17-32(34)39(33)30-13-8-9-14-31(30)45(61)56(6)20-11-15-38(59)50-18-19-51-47(62)70-42-41(60)37(25-68-73(66,67)71-72(63,64)65)69-46(42)58-27-54-40-43(49)52-26-53-44(40)58/h8-9,13-14,16-17,22-24,26-27,37,41-42,46,60H,7,10-12,15,18-21,25H2,1-6H3,(H6-,49,50,51,52,53,59,62,63,64,65,66,67)/p+1/t37-,41-,42-,46-/m1/s1. The number of nitrogen functional groups attached to an aromatic ring is 1. The normalized spacial score (nSPS) is 19.9. The van der Waals surface area contributed by atoms with E-state index in [0.717, 1.165) is 59.9 Å². The zero-order chi connectivity index (χ0) is 52.6. The molecule has 3 aliphatic rings. The Bertz CT molecular complexity index is 3180. The molecule has 0 bridgehead atoms. The number of aromatic nitrogens is 4. The number of ether oxygens (including phenoxy) is 2. The number of aryl methyl sites for hydroxylation is 1. The van der Waals surface area contributed by atoms with Crippen LogP contribution in [0.1, 0.15) is 84.4 Å². The number of hydrogen-bond donors (Lipinski definition) is 7. The van der Waals surface area contributed by atoms with Crippen LogP contribution in [0.5, 0.6) is 0 Å². The van der Waals surface area contributed by atoms with Gasteiger partial charge in [-0.1, -0.05) is 38.1 Å². The van der Waals surface area contributed by atoms with Gasteiger partial charge in [0.2, 0.25) is 11.3 Å². The van der Waals surface area contributed by atoms with Gasteiger partial charge in [0.25, 0.3) is 5.91 Å². The SMILES string of the molecule is CC[N+]1=c2cc3c(cc2CCC1)=C(c1ccccc1C(=O)N(C)CCCC(=O)NCCNC(=O)O[C@@H]1[C@H](O)[C@@H](COP(=O)(O)OP(=O)(O)O)O[C@H]1n1cnc2c(N)ncnc21)c1ccc(N(C)C)cc1C3(C)C. The first kappa shape index (κ1) is 53.2. The molecular formula is C48H61N10O13P2+. The molecule has 3 aromatic carbocycles. The summed E-state index contributed by atoms with van der Waals surface area (Å²) in [6, 6.07) is 19.0. The van der Waals surface area contributed by atoms with E-state index < -0.39 is 52.9 Å². The zero-order valence-electron chi connectivity index (χ0n) is 41.3. The second-order valence-electron chi connectivity index (χ2n) is 18.8. The first-order chi connectivity index (χ1) is 34.6. The molecule has 8 rings (SSSR count). The molecule has 1 unspecified atom stereocenters. The highest BCUT2D eigenvalue weighted by Crippen LogP contribution is 2.58. The van der Waals surface area contributed by atoms with Crippen LogP contribution in [-0.4, -0.2) is 141 Å². The molecule has 390 valence electrons. The summed E-state index contributed by atoms with van der Waals surface area (Å²) in [6.07, 6.45) is -2.41. The smallest absolute Gasteiger partial charge is 0.439 e. The van der Waals surface area contributed by atoms with Gasteiger partial charge in [-0.25, -0.2) is 33.5 Å². The second kappa shape index (κ2) is 21.4. The molecule has 5 atom stereocenters. The third-order valence-corrected chi connectivity index (χ3v) is 15.6. The van der Waals surface area contributed by atoms with Gasteiger partial charge in [-0.05, 0) is 77.1 Å². The lowest BCUT2D eigenvalue weighted by atomic mass is 9.68. The first-order valence-corrected chi connectivity index (χ1v) is 26.8. The maximum absolute atomic E-state index is 14.5. The van der Waals surface area contributed by atoms with Crippen molar-refractivity contribution in [2.45, 2.75) is 76.4 Å². The molecule has 0 radical (unpaired) electrons. The van der Waals surface area contributed by atoms with Gasteiger partial charge >= 0.3 is 21.7 Å². The number of aliphatic hydroxyl groups excluding tert-OH is 1. The average molecular weight is 1050 g/mol. The predicted molar refractivity (Wildman–Crippen MR) is 268 cm³/mol. The van der Waals surface area contributed by atoms with E-state index in [1.54, 1.807) is 11.9 Å². The van der Waals surface area contributed by atoms with Gasteiger partial charge < -0.3 is 55.4 Å². The van der Waals surface area contributed by atoms with Gasteiger partial charge in [-0.2, -0.15) is 4.31 Å². The van der Waals surface area contributed by atoms with Gasteiger partial charge in [0.1, 0.15) is 37.1 Å². The van der Waals surface area contributed by atoms with Crippen LogP contribution < -0.4 is 36.4 Å². The monoisotopic (exact) mass is 1050 g/mol. The van der Waals surface area contributed by atoms with Crippen molar-refractivity contribution in [3.63, 3.8) is 0 Å². The van der Waals surface area contributed by atoms with E-state index in [4.69, 9.17) is 25.0 Å². The number of hydrogen-bond acceptors (Lipinski definition) is 15. The van der Waals surface area contributed by atoms with E-state index in [1.807, 2.05) is 38.4 Å². The van der Waals surface area contributed by atoms with Crippen LogP contribution in [0.2, 0.25) is 0 Å². The van der Waals surface area contributed by atoms with Crippen molar-refractivity contribution in [1.82, 2.24) is 39.6 Å². The lowest BCUT2D eigenvalue weighted by Gasteiger charge is -2.36. The molecule has 23 nitrogen and oxygen atoms in total. The molecule has 25 heteroatoms. The molecule has 2 aromatic heterocycles. The van der Waals surface area contributed by atoms with Crippen LogP contribution in [0, 0.1) is 0 Å². The summed E-state index contributed by atoms with van der Waals surface area (Å²) in [5.74, 6) is -0.500. The number of anilines is 2. The van der Waals surface area contributed by atoms with E-state index in [0.29, 0.717) is 12.0 Å². The molecule has 1 fully saturated rings. The van der Waals surface area contributed by atoms with Crippen LogP contribution in [0.25, 0.3) is 16.7 Å². The first-order valence-electron chi connectivity index (χ1n) is 23.8. The van der Waals surface area contributed by atoms with Gasteiger partial charge in [0, 0.05) is 81.9 Å². The summed E-state index contributed by atoms with van der Waals surface area (Å²) in [4.78, 5) is 84.1. The maximum Gasteiger partial charge on any atom is 0.481 e. The molecule has 2 aliphatic heterocycles. The van der Waals surface area contributed by atoms with Crippen molar-refractivity contribution in [3.8, 4) is 0 Å². The van der Waals surface area contributed by atoms with E-state index in [1.165, 1.54) is 32.9 Å². The summed E-state index contributed by atoms with van der Waals surface area (Å²) < 4.78 is 46.8. The summed E-state index contributed by atoms with van der Waals surface area (Å²) >= 11 is 0. The van der Waals surface area contributed by atoms with Crippen LogP contribution in [-0.2, 0) is 44.1 Å². The number of nitrogens with zero attached hydrogens (tertiary/aromatic N) is 7. The fourth-order valence-corrected chi connectivity index (χ4v) is 11.4. The fraction of sp³-hybridized carbons (Fsp3) is 0.438. The minimum atomic E-state index is -5.45. The molecule has 5 aromatic rings. The third kappa shape index (κ3) is 11.3. The number of nitrogens with one attached hydrogen (secondary N) is 2. The number of alkyl carbamates (subject to hydrolysis) is 1. The largest absolute Gasteiger partial charge is 0.481 e. The van der Waals surface area contributed by atoms with Crippen molar-refractivity contribution < 1.29 is 61.6 Å². The summed E-state index contributed by atoms with van der Waals surface area (Å²) in [7, 11) is -5.01. The van der Waals surface area contributed by atoms with E-state index >= 15 is 0 Å². The van der Waals surface area contributed by atoms with Crippen LogP contribution >= 0.6 is 15.6 Å². The molecule has 1 saturated heterocycles. The van der Waals surface area contributed by atoms with Crippen LogP contribution in [0.3, 0.4) is 0 Å². The highest BCUT2D eigenvalue weighted by atomic mass is 31.3. The number of nitrogens with two attached hydrogens (primary N) is 1. The number of benzene rings is 3. The van der Waals surface area contributed by atoms with Crippen molar-refractivity contribution in [2.24, 2.45) is 0 Å². The Hall–Kier alpha value is -6.13. The Labute approximate surface area is 420 Å². The number of carbonyl (C=O) groups is 3. The number of phosphoric ester groups is 1. The van der Waals surface area contributed by atoms with Gasteiger partial charge in [0.05, 0.1) is 12.9 Å². The fourth-order valence-electron chi connectivity index (χ4n) is 9.77. The molecule has 0 spiro atoms. The third-order valence-electron chi connectivity index (χ3n) is 13.4. The molecule has 4 heterocycles. The molecule has 73 heavy (non-hydrogen) atoms. The number of phosphoric acid groups is 2. The summed E-state index contributed by atoms with van der Waals surface area (Å²) in [5.41, 5.74) is 14.1.